The van der Waals surface area contributed by atoms with Crippen molar-refractivity contribution in [1.29, 1.82) is 0 Å². The van der Waals surface area contributed by atoms with Crippen molar-refractivity contribution in [1.82, 2.24) is 0 Å². The van der Waals surface area contributed by atoms with Crippen LogP contribution >= 0.6 is 0 Å². The lowest BCUT2D eigenvalue weighted by atomic mass is 9.99. The summed E-state index contributed by atoms with van der Waals surface area (Å²) in [6, 6.07) is 37.8. The molecule has 31 heavy (non-hydrogen) atoms. The van der Waals surface area contributed by atoms with Crippen molar-refractivity contribution in [3.05, 3.63) is 120 Å². The van der Waals surface area contributed by atoms with Crippen LogP contribution in [-0.2, 0) is 6.42 Å². The maximum absolute atomic E-state index is 4.86. The minimum atomic E-state index is 1.04. The van der Waals surface area contributed by atoms with E-state index in [1.807, 2.05) is 47.6 Å². The Morgan fingerprint density at radius 1 is 0.710 bits per heavy atom. The molecule has 0 amide bonds. The minimum Gasteiger partial charge on any atom is -0.341 e. The number of hydrogen-bond acceptors (Lipinski definition) is 3. The van der Waals surface area contributed by atoms with Gasteiger partial charge in [0.15, 0.2) is 0 Å². The highest BCUT2D eigenvalue weighted by molar-refractivity contribution is 5.84. The van der Waals surface area contributed by atoms with E-state index in [4.69, 9.17) is 5.10 Å². The smallest absolute Gasteiger partial charge is 0.0652 e. The van der Waals surface area contributed by atoms with Gasteiger partial charge in [0.05, 0.1) is 17.6 Å². The van der Waals surface area contributed by atoms with Gasteiger partial charge in [0.2, 0.25) is 0 Å². The van der Waals surface area contributed by atoms with E-state index in [2.05, 4.69) is 77.7 Å². The summed E-state index contributed by atoms with van der Waals surface area (Å²) in [7, 11) is 0. The van der Waals surface area contributed by atoms with E-state index >= 15 is 0 Å². The van der Waals surface area contributed by atoms with Crippen molar-refractivity contribution in [2.75, 3.05) is 16.5 Å². The van der Waals surface area contributed by atoms with Crippen LogP contribution in [0.25, 0.3) is 0 Å². The van der Waals surface area contributed by atoms with Crippen LogP contribution in [-0.4, -0.2) is 12.8 Å². The van der Waals surface area contributed by atoms with Crippen molar-refractivity contribution in [2.24, 2.45) is 5.10 Å². The van der Waals surface area contributed by atoms with Crippen molar-refractivity contribution >= 4 is 29.0 Å². The Morgan fingerprint density at radius 2 is 1.32 bits per heavy atom. The maximum Gasteiger partial charge on any atom is 0.0652 e. The molecule has 5 rings (SSSR count). The summed E-state index contributed by atoms with van der Waals surface area (Å²) in [4.78, 5) is 2.42. The number of nitrogens with zero attached hydrogens (tertiary/aromatic N) is 3. The van der Waals surface area contributed by atoms with Crippen LogP contribution < -0.4 is 9.91 Å². The van der Waals surface area contributed by atoms with Gasteiger partial charge in [0, 0.05) is 17.9 Å². The normalized spacial score (nSPS) is 13.2. The van der Waals surface area contributed by atoms with Crippen LogP contribution in [0.5, 0.6) is 0 Å². The molecule has 4 aromatic carbocycles. The van der Waals surface area contributed by atoms with Gasteiger partial charge in [-0.2, -0.15) is 5.10 Å². The van der Waals surface area contributed by atoms with E-state index in [1.54, 1.807) is 0 Å². The fraction of sp³-hybridized carbons (Fsp3) is 0.107. The molecule has 0 fully saturated rings. The zero-order chi connectivity index (χ0) is 20.9. The Balaban J connectivity index is 1.45. The molecule has 0 saturated heterocycles. The molecule has 0 aliphatic carbocycles. The van der Waals surface area contributed by atoms with Gasteiger partial charge in [0.25, 0.3) is 0 Å². The number of para-hydroxylation sites is 3. The SMILES string of the molecule is C(=N/N(c1ccccc1)c1ccccc1)/c1ccc2c(c1)CCCN2c1ccccc1. The lowest BCUT2D eigenvalue weighted by Gasteiger charge is -2.31. The molecule has 4 aromatic rings. The van der Waals surface area contributed by atoms with Gasteiger partial charge in [-0.25, -0.2) is 5.01 Å². The Kier molecular flexibility index (Phi) is 5.48. The Bertz CT molecular complexity index is 1120. The Labute approximate surface area is 183 Å². The van der Waals surface area contributed by atoms with Crippen molar-refractivity contribution in [3.8, 4) is 0 Å². The number of anilines is 4. The lowest BCUT2D eigenvalue weighted by Crippen LogP contribution is -2.24. The summed E-state index contributed by atoms with van der Waals surface area (Å²) < 4.78 is 0. The van der Waals surface area contributed by atoms with Crippen molar-refractivity contribution in [2.45, 2.75) is 12.8 Å². The summed E-state index contributed by atoms with van der Waals surface area (Å²) >= 11 is 0. The quantitative estimate of drug-likeness (QED) is 0.265. The first kappa shape index (κ1) is 19.1. The fourth-order valence-corrected chi connectivity index (χ4v) is 4.12. The van der Waals surface area contributed by atoms with Crippen molar-refractivity contribution in [3.63, 3.8) is 0 Å². The molecule has 1 aliphatic heterocycles. The standard InChI is InChI=1S/C28H25N3/c1-4-12-25(13-5-1)30-20-10-11-24-21-23(18-19-28(24)30)22-29-31(26-14-6-2-7-15-26)27-16-8-3-9-17-27/h1-9,12-19,21-22H,10-11,20H2/b29-22-. The minimum absolute atomic E-state index is 1.04. The number of benzene rings is 4. The van der Waals surface area contributed by atoms with Crippen LogP contribution in [0.2, 0.25) is 0 Å². The van der Waals surface area contributed by atoms with Crippen LogP contribution in [0.1, 0.15) is 17.5 Å². The maximum atomic E-state index is 4.86. The molecule has 0 aromatic heterocycles. The number of hydrazone groups is 1. The molecule has 3 heteroatoms. The van der Waals surface area contributed by atoms with E-state index < -0.39 is 0 Å². The largest absolute Gasteiger partial charge is 0.341 e. The second kappa shape index (κ2) is 8.88. The zero-order valence-corrected chi connectivity index (χ0v) is 17.4. The fourth-order valence-electron chi connectivity index (χ4n) is 4.12. The third-order valence-electron chi connectivity index (χ3n) is 5.61. The molecular weight excluding hydrogens is 378 g/mol. The topological polar surface area (TPSA) is 18.8 Å². The average molecular weight is 404 g/mol. The summed E-state index contributed by atoms with van der Waals surface area (Å²) in [5, 5.41) is 6.84. The summed E-state index contributed by atoms with van der Waals surface area (Å²) in [6.07, 6.45) is 4.21. The predicted octanol–water partition coefficient (Wildman–Crippen LogP) is 6.94. The summed E-state index contributed by atoms with van der Waals surface area (Å²) in [5.41, 5.74) is 7.13. The summed E-state index contributed by atoms with van der Waals surface area (Å²) in [5.74, 6) is 0. The third-order valence-corrected chi connectivity index (χ3v) is 5.61. The van der Waals surface area contributed by atoms with Crippen molar-refractivity contribution < 1.29 is 0 Å². The molecule has 152 valence electrons. The number of fused-ring (bicyclic) bond motifs is 1. The van der Waals surface area contributed by atoms with Gasteiger partial charge >= 0.3 is 0 Å². The van der Waals surface area contributed by atoms with E-state index in [0.717, 1.165) is 36.3 Å². The molecule has 0 spiro atoms. The molecule has 0 atom stereocenters. The van der Waals surface area contributed by atoms with Gasteiger partial charge in [-0.05, 0) is 72.5 Å². The number of hydrogen-bond donors (Lipinski definition) is 0. The highest BCUT2D eigenvalue weighted by Crippen LogP contribution is 2.34. The first-order chi connectivity index (χ1) is 15.4. The molecule has 0 bridgehead atoms. The first-order valence-electron chi connectivity index (χ1n) is 10.8. The molecule has 0 radical (unpaired) electrons. The summed E-state index contributed by atoms with van der Waals surface area (Å²) in [6.45, 7) is 1.06. The first-order valence-corrected chi connectivity index (χ1v) is 10.8. The van der Waals surface area contributed by atoms with Gasteiger partial charge in [-0.15, -0.1) is 0 Å². The monoisotopic (exact) mass is 403 g/mol. The highest BCUT2D eigenvalue weighted by atomic mass is 15.5. The number of rotatable bonds is 5. The van der Waals surface area contributed by atoms with Crippen LogP contribution in [0.3, 0.4) is 0 Å². The highest BCUT2D eigenvalue weighted by Gasteiger charge is 2.18. The van der Waals surface area contributed by atoms with Gasteiger partial charge in [-0.3, -0.25) is 0 Å². The zero-order valence-electron chi connectivity index (χ0n) is 17.4. The third kappa shape index (κ3) is 4.22. The van der Waals surface area contributed by atoms with E-state index in [-0.39, 0.29) is 0 Å². The Morgan fingerprint density at radius 3 is 1.97 bits per heavy atom. The second-order valence-corrected chi connectivity index (χ2v) is 7.71. The van der Waals surface area contributed by atoms with Crippen LogP contribution in [0, 0.1) is 0 Å². The van der Waals surface area contributed by atoms with E-state index in [9.17, 15) is 0 Å². The molecule has 0 unspecified atom stereocenters. The molecule has 0 N–H and O–H groups in total. The lowest BCUT2D eigenvalue weighted by molar-refractivity contribution is 0.767. The molecule has 1 heterocycles. The van der Waals surface area contributed by atoms with E-state index in [1.165, 1.54) is 16.9 Å². The molecular formula is C28H25N3. The van der Waals surface area contributed by atoms with Gasteiger partial charge in [-0.1, -0.05) is 60.7 Å². The second-order valence-electron chi connectivity index (χ2n) is 7.71. The number of aryl methyl sites for hydroxylation is 1. The Hall–Kier alpha value is -3.85. The van der Waals surface area contributed by atoms with Crippen LogP contribution in [0.4, 0.5) is 22.7 Å². The predicted molar refractivity (Wildman–Crippen MR) is 131 cm³/mol. The van der Waals surface area contributed by atoms with Crippen LogP contribution in [0.15, 0.2) is 114 Å². The van der Waals surface area contributed by atoms with E-state index in [0.29, 0.717) is 0 Å². The van der Waals surface area contributed by atoms with Gasteiger partial charge in [0.1, 0.15) is 0 Å². The van der Waals surface area contributed by atoms with Gasteiger partial charge < -0.3 is 4.90 Å². The molecule has 3 nitrogen and oxygen atoms in total. The molecule has 1 aliphatic rings. The average Bonchev–Trinajstić information content (AvgIpc) is 2.85. The molecule has 0 saturated carbocycles.